The summed E-state index contributed by atoms with van der Waals surface area (Å²) in [6.07, 6.45) is 0. The first-order chi connectivity index (χ1) is 2.91. The predicted octanol–water partition coefficient (Wildman–Crippen LogP) is 0.900. The average molecular weight is 96.2 g/mol. The molecule has 0 aliphatic rings. The zero-order valence-electron chi connectivity index (χ0n) is 3.45. The standard InChI is InChI=1S/C5H4S/c1-2-3-4-5-6/h6H,1H3. The number of hydrogen-bond acceptors (Lipinski definition) is 1. The molecule has 0 unspecified atom stereocenters. The molecule has 0 aliphatic heterocycles. The highest BCUT2D eigenvalue weighted by Crippen LogP contribution is 1.57. The Labute approximate surface area is 43.4 Å². The summed E-state index contributed by atoms with van der Waals surface area (Å²) in [5.41, 5.74) is 0. The number of thiol groups is 1. The van der Waals surface area contributed by atoms with Crippen LogP contribution < -0.4 is 0 Å². The van der Waals surface area contributed by atoms with Crippen LogP contribution in [-0.4, -0.2) is 0 Å². The smallest absolute Gasteiger partial charge is 0.00168 e. The van der Waals surface area contributed by atoms with Crippen LogP contribution in [0, 0.1) is 23.0 Å². The van der Waals surface area contributed by atoms with Gasteiger partial charge in [-0.3, -0.25) is 0 Å². The van der Waals surface area contributed by atoms with Crippen molar-refractivity contribution in [3.05, 3.63) is 0 Å². The molecule has 0 bridgehead atoms. The lowest BCUT2D eigenvalue weighted by Gasteiger charge is -1.47. The van der Waals surface area contributed by atoms with Crippen LogP contribution in [0.3, 0.4) is 0 Å². The average Bonchev–Trinajstić information content (AvgIpc) is 1.61. The van der Waals surface area contributed by atoms with Crippen LogP contribution >= 0.6 is 12.6 Å². The Morgan fingerprint density at radius 3 is 2.17 bits per heavy atom. The van der Waals surface area contributed by atoms with E-state index in [4.69, 9.17) is 0 Å². The summed E-state index contributed by atoms with van der Waals surface area (Å²) in [5.74, 6) is 7.56. The molecule has 0 saturated heterocycles. The molecule has 0 amide bonds. The zero-order valence-corrected chi connectivity index (χ0v) is 4.34. The van der Waals surface area contributed by atoms with E-state index < -0.39 is 0 Å². The molecule has 0 aromatic carbocycles. The SMILES string of the molecule is CC#CC#CS. The van der Waals surface area contributed by atoms with Gasteiger partial charge in [0.1, 0.15) is 0 Å². The van der Waals surface area contributed by atoms with E-state index in [2.05, 4.69) is 35.6 Å². The maximum absolute atomic E-state index is 3.59. The van der Waals surface area contributed by atoms with Crippen molar-refractivity contribution in [1.29, 1.82) is 0 Å². The van der Waals surface area contributed by atoms with Crippen LogP contribution in [0.2, 0.25) is 0 Å². The highest BCUT2D eigenvalue weighted by Gasteiger charge is 1.42. The molecular formula is C5H4S. The van der Waals surface area contributed by atoms with Gasteiger partial charge in [-0.15, -0.1) is 0 Å². The molecule has 1 heteroatoms. The third-order valence-corrected chi connectivity index (χ3v) is 0.355. The zero-order chi connectivity index (χ0) is 4.83. The second-order valence-electron chi connectivity index (χ2n) is 0.612. The minimum Gasteiger partial charge on any atom is -0.0925 e. The molecule has 0 aromatic heterocycles. The van der Waals surface area contributed by atoms with Crippen molar-refractivity contribution in [3.8, 4) is 23.0 Å². The van der Waals surface area contributed by atoms with E-state index in [0.717, 1.165) is 0 Å². The van der Waals surface area contributed by atoms with Crippen molar-refractivity contribution in [2.24, 2.45) is 0 Å². The van der Waals surface area contributed by atoms with Crippen molar-refractivity contribution >= 4 is 12.6 Å². The summed E-state index contributed by atoms with van der Waals surface area (Å²) in [7, 11) is 0. The molecule has 0 N–H and O–H groups in total. The predicted molar refractivity (Wildman–Crippen MR) is 30.2 cm³/mol. The van der Waals surface area contributed by atoms with Gasteiger partial charge >= 0.3 is 0 Å². The monoisotopic (exact) mass is 96.0 g/mol. The van der Waals surface area contributed by atoms with Gasteiger partial charge in [-0.05, 0) is 24.0 Å². The van der Waals surface area contributed by atoms with Crippen LogP contribution in [0.4, 0.5) is 0 Å². The molecule has 0 aliphatic carbocycles. The van der Waals surface area contributed by atoms with E-state index in [9.17, 15) is 0 Å². The van der Waals surface area contributed by atoms with Gasteiger partial charge in [0.2, 0.25) is 0 Å². The minimum absolute atomic E-state index is 1.73. The van der Waals surface area contributed by atoms with Gasteiger partial charge in [-0.25, -0.2) is 0 Å². The fourth-order valence-electron chi connectivity index (χ4n) is 0.0905. The van der Waals surface area contributed by atoms with Crippen LogP contribution in [0.25, 0.3) is 0 Å². The van der Waals surface area contributed by atoms with Crippen LogP contribution in [0.1, 0.15) is 6.92 Å². The van der Waals surface area contributed by atoms with Gasteiger partial charge < -0.3 is 0 Å². The maximum atomic E-state index is 3.59. The number of rotatable bonds is 0. The fourth-order valence-corrected chi connectivity index (χ4v) is 0.146. The lowest BCUT2D eigenvalue weighted by molar-refractivity contribution is 1.92. The summed E-state index contributed by atoms with van der Waals surface area (Å²) in [6.45, 7) is 1.73. The van der Waals surface area contributed by atoms with Crippen molar-refractivity contribution < 1.29 is 0 Å². The fraction of sp³-hybridized carbons (Fsp3) is 0.200. The summed E-state index contributed by atoms with van der Waals surface area (Å²) in [5, 5.41) is 2.34. The Hall–Kier alpha value is -0.530. The first kappa shape index (κ1) is 5.47. The molecule has 0 spiro atoms. The van der Waals surface area contributed by atoms with E-state index in [-0.39, 0.29) is 0 Å². The summed E-state index contributed by atoms with van der Waals surface area (Å²) >= 11 is 3.59. The van der Waals surface area contributed by atoms with E-state index in [0.29, 0.717) is 0 Å². The summed E-state index contributed by atoms with van der Waals surface area (Å²) in [4.78, 5) is 0. The first-order valence-electron chi connectivity index (χ1n) is 1.47. The molecule has 0 rings (SSSR count). The lowest BCUT2D eigenvalue weighted by Crippen LogP contribution is -1.40. The Morgan fingerprint density at radius 2 is 2.00 bits per heavy atom. The van der Waals surface area contributed by atoms with Crippen molar-refractivity contribution in [1.82, 2.24) is 0 Å². The molecule has 6 heavy (non-hydrogen) atoms. The highest BCUT2D eigenvalue weighted by molar-refractivity contribution is 7.85. The third-order valence-electron chi connectivity index (χ3n) is 0.243. The summed E-state index contributed by atoms with van der Waals surface area (Å²) in [6, 6.07) is 0. The lowest BCUT2D eigenvalue weighted by atomic mass is 10.6. The molecule has 0 saturated carbocycles. The van der Waals surface area contributed by atoms with Crippen LogP contribution in [-0.2, 0) is 0 Å². The summed E-state index contributed by atoms with van der Waals surface area (Å²) < 4.78 is 0. The van der Waals surface area contributed by atoms with Crippen molar-refractivity contribution in [2.45, 2.75) is 6.92 Å². The molecular weight excluding hydrogens is 92.1 g/mol. The maximum Gasteiger partial charge on any atom is -0.00168 e. The Bertz CT molecular complexity index is 107. The molecule has 0 atom stereocenters. The van der Waals surface area contributed by atoms with Gasteiger partial charge in [0.15, 0.2) is 0 Å². The molecule has 0 aromatic rings. The third kappa shape index (κ3) is 3.47. The molecule has 0 radical (unpaired) electrons. The second-order valence-corrected chi connectivity index (χ2v) is 0.835. The van der Waals surface area contributed by atoms with E-state index >= 15 is 0 Å². The van der Waals surface area contributed by atoms with Crippen LogP contribution in [0.5, 0.6) is 0 Å². The van der Waals surface area contributed by atoms with E-state index in [1.807, 2.05) is 0 Å². The quantitative estimate of drug-likeness (QED) is 0.336. The second kappa shape index (κ2) is 4.47. The Kier molecular flexibility index (Phi) is 4.08. The normalized spacial score (nSPS) is 3.67. The van der Waals surface area contributed by atoms with E-state index in [1.54, 1.807) is 6.92 Å². The van der Waals surface area contributed by atoms with Crippen LogP contribution in [0.15, 0.2) is 0 Å². The van der Waals surface area contributed by atoms with Gasteiger partial charge in [0, 0.05) is 0 Å². The van der Waals surface area contributed by atoms with Crippen molar-refractivity contribution in [2.75, 3.05) is 0 Å². The highest BCUT2D eigenvalue weighted by atomic mass is 32.1. The first-order valence-corrected chi connectivity index (χ1v) is 1.92. The van der Waals surface area contributed by atoms with E-state index in [1.165, 1.54) is 0 Å². The van der Waals surface area contributed by atoms with Gasteiger partial charge in [0.05, 0.1) is 0 Å². The van der Waals surface area contributed by atoms with Gasteiger partial charge in [-0.2, -0.15) is 0 Å². The molecule has 0 nitrogen and oxygen atoms in total. The largest absolute Gasteiger partial charge is 0.0925 e. The minimum atomic E-state index is 1.73. The molecule has 30 valence electrons. The molecule has 0 heterocycles. The molecule has 0 fully saturated rings. The van der Waals surface area contributed by atoms with Crippen molar-refractivity contribution in [3.63, 3.8) is 0 Å². The Morgan fingerprint density at radius 1 is 1.33 bits per heavy atom. The topological polar surface area (TPSA) is 0 Å². The van der Waals surface area contributed by atoms with Gasteiger partial charge in [0.25, 0.3) is 0 Å². The van der Waals surface area contributed by atoms with Gasteiger partial charge in [-0.1, -0.05) is 18.5 Å². The number of hydrogen-bond donors (Lipinski definition) is 1. The Balaban J connectivity index is 3.43.